The molecule has 4 aliphatic carbocycles. The summed E-state index contributed by atoms with van der Waals surface area (Å²) in [5.74, 6) is 1.05. The number of hydrogen-bond acceptors (Lipinski definition) is 4. The van der Waals surface area contributed by atoms with Gasteiger partial charge in [-0.1, -0.05) is 12.2 Å². The highest BCUT2D eigenvalue weighted by Gasteiger charge is 2.67. The van der Waals surface area contributed by atoms with Crippen molar-refractivity contribution >= 4 is 23.3 Å². The average Bonchev–Trinajstić information content (AvgIpc) is 3.39. The molecule has 6 atom stereocenters. The molecule has 3 fully saturated rings. The van der Waals surface area contributed by atoms with Crippen molar-refractivity contribution in [2.45, 2.75) is 13.3 Å². The van der Waals surface area contributed by atoms with E-state index in [0.717, 1.165) is 6.42 Å². The number of imide groups is 1. The largest absolute Gasteiger partial charge is 0.495 e. The molecule has 1 aromatic carbocycles. The summed E-state index contributed by atoms with van der Waals surface area (Å²) in [5.41, 5.74) is 0.864. The van der Waals surface area contributed by atoms with Gasteiger partial charge in [0.2, 0.25) is 11.8 Å². The second-order valence-corrected chi connectivity index (χ2v) is 7.61. The number of methoxy groups -OCH3 is 1. The Labute approximate surface area is 145 Å². The summed E-state index contributed by atoms with van der Waals surface area (Å²) in [7, 11) is 1.50. The summed E-state index contributed by atoms with van der Waals surface area (Å²) in [6.07, 6.45) is 5.44. The number of amides is 2. The van der Waals surface area contributed by atoms with Gasteiger partial charge >= 0.3 is 0 Å². The normalized spacial score (nSPS) is 37.1. The quantitative estimate of drug-likeness (QED) is 0.483. The fourth-order valence-corrected chi connectivity index (χ4v) is 5.28. The number of ketones is 1. The van der Waals surface area contributed by atoms with Gasteiger partial charge in [0.05, 0.1) is 24.6 Å². The summed E-state index contributed by atoms with van der Waals surface area (Å²) < 4.78 is 5.37. The van der Waals surface area contributed by atoms with Crippen LogP contribution >= 0.6 is 0 Å². The minimum atomic E-state index is -0.253. The molecule has 1 aliphatic heterocycles. The van der Waals surface area contributed by atoms with E-state index in [2.05, 4.69) is 12.2 Å². The molecule has 0 radical (unpaired) electrons. The zero-order valence-corrected chi connectivity index (χ0v) is 14.1. The third-order valence-corrected chi connectivity index (χ3v) is 6.49. The fraction of sp³-hybridized carbons (Fsp3) is 0.450. The molecule has 0 aromatic heterocycles. The average molecular weight is 337 g/mol. The third kappa shape index (κ3) is 1.81. The van der Waals surface area contributed by atoms with Gasteiger partial charge in [0, 0.05) is 5.56 Å². The molecule has 0 spiro atoms. The first-order valence-electron chi connectivity index (χ1n) is 8.78. The highest BCUT2D eigenvalue weighted by Crippen LogP contribution is 2.65. The van der Waals surface area contributed by atoms with Crippen molar-refractivity contribution in [2.24, 2.45) is 35.5 Å². The number of ether oxygens (including phenoxy) is 1. The van der Waals surface area contributed by atoms with E-state index in [1.807, 2.05) is 0 Å². The van der Waals surface area contributed by atoms with E-state index in [9.17, 15) is 14.4 Å². The minimum absolute atomic E-state index is 0.108. The highest BCUT2D eigenvalue weighted by molar-refractivity contribution is 6.23. The Kier molecular flexibility index (Phi) is 2.86. The van der Waals surface area contributed by atoms with Crippen LogP contribution in [0.25, 0.3) is 0 Å². The molecule has 5 nitrogen and oxygen atoms in total. The lowest BCUT2D eigenvalue weighted by atomic mass is 9.63. The van der Waals surface area contributed by atoms with Gasteiger partial charge in [-0.25, -0.2) is 4.90 Å². The van der Waals surface area contributed by atoms with E-state index >= 15 is 0 Å². The van der Waals surface area contributed by atoms with Gasteiger partial charge in [-0.15, -0.1) is 0 Å². The summed E-state index contributed by atoms with van der Waals surface area (Å²) >= 11 is 0. The maximum absolute atomic E-state index is 13.2. The van der Waals surface area contributed by atoms with Crippen LogP contribution in [0.3, 0.4) is 0 Å². The zero-order chi connectivity index (χ0) is 17.5. The smallest absolute Gasteiger partial charge is 0.238 e. The number of rotatable bonds is 3. The predicted octanol–water partition coefficient (Wildman–Crippen LogP) is 2.46. The van der Waals surface area contributed by atoms with Crippen molar-refractivity contribution in [3.05, 3.63) is 35.9 Å². The van der Waals surface area contributed by atoms with Crippen LogP contribution in [0.15, 0.2) is 30.4 Å². The van der Waals surface area contributed by atoms with Crippen molar-refractivity contribution in [3.63, 3.8) is 0 Å². The standard InChI is InChI=1S/C20H19NO4/c1-9(22)10-3-6-16(25-2)15(7-10)21-19(23)17-11-4-5-12(14-8-13(11)14)18(17)20(21)24/h3-7,11-14,17-18H,8H2,1-2H3/t11-,12-,13-,14-,17+,18+/m0/s1. The number of allylic oxidation sites excluding steroid dienone is 2. The molecule has 5 heteroatoms. The van der Waals surface area contributed by atoms with Gasteiger partial charge in [0.1, 0.15) is 5.75 Å². The van der Waals surface area contributed by atoms with Crippen LogP contribution in [0, 0.1) is 35.5 Å². The first-order chi connectivity index (χ1) is 12.0. The van der Waals surface area contributed by atoms with Crippen LogP contribution < -0.4 is 9.64 Å². The van der Waals surface area contributed by atoms with Gasteiger partial charge in [-0.05, 0) is 55.2 Å². The number of benzene rings is 1. The van der Waals surface area contributed by atoms with Gasteiger partial charge in [-0.2, -0.15) is 0 Å². The summed E-state index contributed by atoms with van der Waals surface area (Å²) in [6, 6.07) is 4.91. The van der Waals surface area contributed by atoms with Crippen molar-refractivity contribution in [1.29, 1.82) is 0 Å². The monoisotopic (exact) mass is 337 g/mol. The number of nitrogens with zero attached hydrogens (tertiary/aromatic N) is 1. The number of carbonyl (C=O) groups excluding carboxylic acids is 3. The Bertz CT molecular complexity index is 821. The lowest BCUT2D eigenvalue weighted by molar-refractivity contribution is -0.124. The molecule has 2 bridgehead atoms. The van der Waals surface area contributed by atoms with Crippen molar-refractivity contribution in [3.8, 4) is 5.75 Å². The Morgan fingerprint density at radius 2 is 1.68 bits per heavy atom. The van der Waals surface area contributed by atoms with Crippen LogP contribution in [-0.4, -0.2) is 24.7 Å². The molecule has 6 rings (SSSR count). The van der Waals surface area contributed by atoms with E-state index in [1.165, 1.54) is 18.9 Å². The Balaban J connectivity index is 1.60. The van der Waals surface area contributed by atoms with E-state index in [0.29, 0.717) is 28.8 Å². The molecular weight excluding hydrogens is 318 g/mol. The molecule has 2 amide bonds. The summed E-state index contributed by atoms with van der Waals surface area (Å²) in [5, 5.41) is 0. The zero-order valence-electron chi connectivity index (χ0n) is 14.1. The fourth-order valence-electron chi connectivity index (χ4n) is 5.28. The molecule has 0 unspecified atom stereocenters. The molecule has 2 saturated carbocycles. The van der Waals surface area contributed by atoms with Crippen LogP contribution in [0.5, 0.6) is 5.75 Å². The predicted molar refractivity (Wildman–Crippen MR) is 90.2 cm³/mol. The van der Waals surface area contributed by atoms with Crippen LogP contribution in [0.2, 0.25) is 0 Å². The molecule has 25 heavy (non-hydrogen) atoms. The van der Waals surface area contributed by atoms with Crippen LogP contribution in [0.4, 0.5) is 5.69 Å². The number of carbonyl (C=O) groups is 3. The topological polar surface area (TPSA) is 63.7 Å². The molecular formula is C20H19NO4. The van der Waals surface area contributed by atoms with E-state index in [1.54, 1.807) is 18.2 Å². The van der Waals surface area contributed by atoms with Crippen molar-refractivity contribution in [1.82, 2.24) is 0 Å². The second-order valence-electron chi connectivity index (χ2n) is 7.61. The molecule has 1 aromatic rings. The number of hydrogen-bond donors (Lipinski definition) is 0. The summed E-state index contributed by atoms with van der Waals surface area (Å²) in [4.78, 5) is 39.4. The van der Waals surface area contributed by atoms with Gasteiger partial charge in [0.25, 0.3) is 0 Å². The maximum Gasteiger partial charge on any atom is 0.238 e. The summed E-state index contributed by atoms with van der Waals surface area (Å²) in [6.45, 7) is 1.47. The molecule has 5 aliphatic rings. The Morgan fingerprint density at radius 1 is 1.08 bits per heavy atom. The second kappa shape index (κ2) is 4.81. The lowest BCUT2D eigenvalue weighted by Gasteiger charge is -2.37. The highest BCUT2D eigenvalue weighted by atomic mass is 16.5. The molecule has 1 saturated heterocycles. The van der Waals surface area contributed by atoms with E-state index in [-0.39, 0.29) is 41.3 Å². The number of anilines is 1. The minimum Gasteiger partial charge on any atom is -0.495 e. The SMILES string of the molecule is COc1ccc(C(C)=O)cc1N1C(=O)[C@@H]2[C@H]3C=C[C@@H]([C@@H]4C[C@@H]34)[C@H]2C1=O. The molecule has 128 valence electrons. The van der Waals surface area contributed by atoms with Gasteiger partial charge in [-0.3, -0.25) is 14.4 Å². The Morgan fingerprint density at radius 3 is 2.20 bits per heavy atom. The lowest BCUT2D eigenvalue weighted by Crippen LogP contribution is -2.40. The maximum atomic E-state index is 13.2. The first kappa shape index (κ1) is 14.9. The van der Waals surface area contributed by atoms with Crippen LogP contribution in [-0.2, 0) is 9.59 Å². The number of Topliss-reactive ketones (excluding diaryl/α,β-unsaturated/α-hetero) is 1. The van der Waals surface area contributed by atoms with E-state index < -0.39 is 0 Å². The van der Waals surface area contributed by atoms with Crippen LogP contribution in [0.1, 0.15) is 23.7 Å². The molecule has 0 N–H and O–H groups in total. The first-order valence-corrected chi connectivity index (χ1v) is 8.78. The molecule has 1 heterocycles. The Hall–Kier alpha value is -2.43. The van der Waals surface area contributed by atoms with Gasteiger partial charge < -0.3 is 4.74 Å². The van der Waals surface area contributed by atoms with Crippen molar-refractivity contribution < 1.29 is 19.1 Å². The van der Waals surface area contributed by atoms with Gasteiger partial charge in [0.15, 0.2) is 5.78 Å². The third-order valence-electron chi connectivity index (χ3n) is 6.49. The van der Waals surface area contributed by atoms with Crippen molar-refractivity contribution in [2.75, 3.05) is 12.0 Å². The van der Waals surface area contributed by atoms with E-state index in [4.69, 9.17) is 4.74 Å².